The van der Waals surface area contributed by atoms with Gasteiger partial charge in [0, 0.05) is 75.8 Å². The van der Waals surface area contributed by atoms with E-state index in [0.29, 0.717) is 61.7 Å². The molecule has 1 saturated heterocycles. The van der Waals surface area contributed by atoms with Gasteiger partial charge in [0.25, 0.3) is 5.56 Å². The standard InChI is InChI=1S/C28H32FN7O3/c1-3-4-5-25(37)30-9-8-26(38)34-12-10-33(11-13-34)21-6-7-24-32-23(15-27(39)36(24)18-21)20-14-22(29)28-31-19(2)16-35(28)17-20/h6-7,14-18H,3-5,8-13H2,1-2H3,(H,30,37). The highest BCUT2D eigenvalue weighted by Gasteiger charge is 2.22. The first kappa shape index (κ1) is 26.3. The Morgan fingerprint density at radius 3 is 2.59 bits per heavy atom. The number of aryl methyl sites for hydroxylation is 1. The van der Waals surface area contributed by atoms with Crippen molar-refractivity contribution in [3.63, 3.8) is 0 Å². The van der Waals surface area contributed by atoms with E-state index in [9.17, 15) is 18.8 Å². The molecule has 0 aliphatic carbocycles. The lowest BCUT2D eigenvalue weighted by Crippen LogP contribution is -2.49. The van der Waals surface area contributed by atoms with Gasteiger partial charge in [-0.2, -0.15) is 0 Å². The Morgan fingerprint density at radius 1 is 1.03 bits per heavy atom. The van der Waals surface area contributed by atoms with E-state index < -0.39 is 5.82 Å². The van der Waals surface area contributed by atoms with Gasteiger partial charge in [-0.3, -0.25) is 18.8 Å². The minimum Gasteiger partial charge on any atom is -0.367 e. The lowest BCUT2D eigenvalue weighted by Gasteiger charge is -2.36. The average Bonchev–Trinajstić information content (AvgIpc) is 3.32. The van der Waals surface area contributed by atoms with Crippen LogP contribution in [0, 0.1) is 12.7 Å². The molecular formula is C28H32FN7O3. The van der Waals surface area contributed by atoms with E-state index in [0.717, 1.165) is 18.5 Å². The van der Waals surface area contributed by atoms with Crippen LogP contribution in [0.25, 0.3) is 22.6 Å². The van der Waals surface area contributed by atoms with Crippen molar-refractivity contribution in [2.24, 2.45) is 0 Å². The second-order valence-corrected chi connectivity index (χ2v) is 9.86. The van der Waals surface area contributed by atoms with E-state index in [-0.39, 0.29) is 29.4 Å². The third-order valence-electron chi connectivity index (χ3n) is 6.98. The molecule has 0 bridgehead atoms. The number of nitrogens with one attached hydrogen (secondary N) is 1. The van der Waals surface area contributed by atoms with Crippen LogP contribution in [0.3, 0.4) is 0 Å². The second-order valence-electron chi connectivity index (χ2n) is 9.86. The molecule has 2 amide bonds. The van der Waals surface area contributed by atoms with Crippen LogP contribution >= 0.6 is 0 Å². The van der Waals surface area contributed by atoms with E-state index in [1.165, 1.54) is 16.5 Å². The molecule has 1 aliphatic heterocycles. The molecule has 4 aromatic rings. The molecular weight excluding hydrogens is 501 g/mol. The lowest BCUT2D eigenvalue weighted by molar-refractivity contribution is -0.131. The Labute approximate surface area is 225 Å². The summed E-state index contributed by atoms with van der Waals surface area (Å²) in [7, 11) is 0. The maximum absolute atomic E-state index is 14.6. The third kappa shape index (κ3) is 5.76. The summed E-state index contributed by atoms with van der Waals surface area (Å²) in [6.07, 6.45) is 7.78. The zero-order valence-electron chi connectivity index (χ0n) is 22.2. The smallest absolute Gasteiger partial charge is 0.258 e. The minimum absolute atomic E-state index is 0.0101. The molecule has 5 rings (SSSR count). The Morgan fingerprint density at radius 2 is 1.82 bits per heavy atom. The largest absolute Gasteiger partial charge is 0.367 e. The Bertz CT molecular complexity index is 1590. The second kappa shape index (κ2) is 11.2. The number of hydrogen-bond donors (Lipinski definition) is 1. The molecule has 1 fully saturated rings. The fourth-order valence-corrected chi connectivity index (χ4v) is 4.85. The highest BCUT2D eigenvalue weighted by molar-refractivity contribution is 5.79. The van der Waals surface area contributed by atoms with Crippen molar-refractivity contribution >= 4 is 28.8 Å². The predicted octanol–water partition coefficient (Wildman–Crippen LogP) is 2.80. The Hall–Kier alpha value is -4.28. The van der Waals surface area contributed by atoms with Crippen LogP contribution < -0.4 is 15.8 Å². The quantitative estimate of drug-likeness (QED) is 0.374. The number of carbonyl (C=O) groups is 2. The van der Waals surface area contributed by atoms with Crippen LogP contribution in [0.1, 0.15) is 38.3 Å². The summed E-state index contributed by atoms with van der Waals surface area (Å²) < 4.78 is 17.7. The average molecular weight is 534 g/mol. The molecule has 0 aromatic carbocycles. The van der Waals surface area contributed by atoms with Crippen LogP contribution in [0.4, 0.5) is 10.1 Å². The zero-order valence-corrected chi connectivity index (χ0v) is 22.2. The summed E-state index contributed by atoms with van der Waals surface area (Å²) in [4.78, 5) is 50.0. The molecule has 0 radical (unpaired) electrons. The highest BCUT2D eigenvalue weighted by Crippen LogP contribution is 2.22. The van der Waals surface area contributed by atoms with Crippen molar-refractivity contribution < 1.29 is 14.0 Å². The molecule has 1 aliphatic rings. The number of imidazole rings is 1. The number of aromatic nitrogens is 4. The van der Waals surface area contributed by atoms with Gasteiger partial charge in [0.15, 0.2) is 11.5 Å². The van der Waals surface area contributed by atoms with Gasteiger partial charge in [-0.1, -0.05) is 13.3 Å². The van der Waals surface area contributed by atoms with Gasteiger partial charge in [-0.15, -0.1) is 0 Å². The number of fused-ring (bicyclic) bond motifs is 2. The fourth-order valence-electron chi connectivity index (χ4n) is 4.85. The maximum Gasteiger partial charge on any atom is 0.258 e. The highest BCUT2D eigenvalue weighted by atomic mass is 19.1. The number of halogens is 1. The zero-order chi connectivity index (χ0) is 27.5. The number of amides is 2. The van der Waals surface area contributed by atoms with Crippen LogP contribution in [0.15, 0.2) is 47.7 Å². The lowest BCUT2D eigenvalue weighted by atomic mass is 10.2. The van der Waals surface area contributed by atoms with Crippen molar-refractivity contribution in [3.8, 4) is 11.3 Å². The summed E-state index contributed by atoms with van der Waals surface area (Å²) in [5.41, 5.74) is 2.84. The normalized spacial score (nSPS) is 13.8. The molecule has 204 valence electrons. The number of piperazine rings is 1. The molecule has 0 unspecified atom stereocenters. The SMILES string of the molecule is CCCCC(=O)NCCC(=O)N1CCN(c2ccc3nc(-c4cc(F)c5nc(C)cn5c4)cc(=O)n3c2)CC1. The molecule has 5 heterocycles. The van der Waals surface area contributed by atoms with Gasteiger partial charge in [0.05, 0.1) is 17.1 Å². The number of hydrogen-bond acceptors (Lipinski definition) is 6. The van der Waals surface area contributed by atoms with E-state index in [4.69, 9.17) is 0 Å². The first-order chi connectivity index (χ1) is 18.8. The number of anilines is 1. The first-order valence-corrected chi connectivity index (χ1v) is 13.3. The van der Waals surface area contributed by atoms with Crippen LogP contribution in [0.2, 0.25) is 0 Å². The maximum atomic E-state index is 14.6. The molecule has 0 saturated carbocycles. The van der Waals surface area contributed by atoms with Crippen LogP contribution in [0.5, 0.6) is 0 Å². The van der Waals surface area contributed by atoms with Gasteiger partial charge < -0.3 is 19.5 Å². The molecule has 11 heteroatoms. The monoisotopic (exact) mass is 533 g/mol. The fraction of sp³-hybridized carbons (Fsp3) is 0.393. The first-order valence-electron chi connectivity index (χ1n) is 13.3. The summed E-state index contributed by atoms with van der Waals surface area (Å²) in [5, 5.41) is 2.81. The number of rotatable bonds is 8. The van der Waals surface area contributed by atoms with Crippen molar-refractivity contribution in [2.75, 3.05) is 37.6 Å². The predicted molar refractivity (Wildman–Crippen MR) is 146 cm³/mol. The molecule has 0 spiro atoms. The summed E-state index contributed by atoms with van der Waals surface area (Å²) >= 11 is 0. The van der Waals surface area contributed by atoms with Gasteiger partial charge in [-0.05, 0) is 31.5 Å². The molecule has 1 N–H and O–H groups in total. The Kier molecular flexibility index (Phi) is 7.58. The van der Waals surface area contributed by atoms with Gasteiger partial charge in [0.2, 0.25) is 11.8 Å². The minimum atomic E-state index is -0.479. The summed E-state index contributed by atoms with van der Waals surface area (Å²) in [5.74, 6) is -0.464. The molecule has 4 aromatic heterocycles. The molecule has 10 nitrogen and oxygen atoms in total. The third-order valence-corrected chi connectivity index (χ3v) is 6.98. The van der Waals surface area contributed by atoms with E-state index >= 15 is 0 Å². The topological polar surface area (TPSA) is 104 Å². The molecule has 0 atom stereocenters. The van der Waals surface area contributed by atoms with Crippen molar-refractivity contribution in [1.29, 1.82) is 0 Å². The summed E-state index contributed by atoms with van der Waals surface area (Å²) in [6.45, 7) is 6.57. The number of unbranched alkanes of at least 4 members (excludes halogenated alkanes) is 1. The number of nitrogens with zero attached hydrogens (tertiary/aromatic N) is 6. The number of pyridine rings is 2. The van der Waals surface area contributed by atoms with E-state index in [1.54, 1.807) is 36.0 Å². The van der Waals surface area contributed by atoms with Crippen molar-refractivity contribution in [1.82, 2.24) is 29.0 Å². The van der Waals surface area contributed by atoms with E-state index in [2.05, 4.69) is 20.2 Å². The molecule has 39 heavy (non-hydrogen) atoms. The van der Waals surface area contributed by atoms with Gasteiger partial charge in [-0.25, -0.2) is 14.4 Å². The van der Waals surface area contributed by atoms with Crippen molar-refractivity contribution in [2.45, 2.75) is 39.5 Å². The van der Waals surface area contributed by atoms with Crippen LogP contribution in [-0.2, 0) is 9.59 Å². The number of carbonyl (C=O) groups excluding carboxylic acids is 2. The van der Waals surface area contributed by atoms with Crippen LogP contribution in [-0.4, -0.2) is 68.2 Å². The van der Waals surface area contributed by atoms with Crippen molar-refractivity contribution in [3.05, 3.63) is 64.7 Å². The van der Waals surface area contributed by atoms with Gasteiger partial charge >= 0.3 is 0 Å². The summed E-state index contributed by atoms with van der Waals surface area (Å²) in [6, 6.07) is 6.42. The Balaban J connectivity index is 1.24. The van der Waals surface area contributed by atoms with E-state index in [1.807, 2.05) is 17.9 Å². The van der Waals surface area contributed by atoms with Gasteiger partial charge in [0.1, 0.15) is 5.65 Å².